The lowest BCUT2D eigenvalue weighted by atomic mass is 10.1. The highest BCUT2D eigenvalue weighted by atomic mass is 32.2. The second kappa shape index (κ2) is 5.43. The molecule has 5 heteroatoms. The monoisotopic (exact) mass is 281 g/mol. The van der Waals surface area contributed by atoms with Gasteiger partial charge < -0.3 is 0 Å². The minimum absolute atomic E-state index is 0.0356. The van der Waals surface area contributed by atoms with Crippen LogP contribution in [0, 0.1) is 0 Å². The summed E-state index contributed by atoms with van der Waals surface area (Å²) in [5, 5.41) is 0. The quantitative estimate of drug-likeness (QED) is 0.797. The van der Waals surface area contributed by atoms with E-state index in [0.717, 1.165) is 12.8 Å². The Morgan fingerprint density at radius 2 is 2.16 bits per heavy atom. The topological polar surface area (TPSA) is 54.5 Å². The fraction of sp³-hybridized carbons (Fsp3) is 0.500. The van der Waals surface area contributed by atoms with Crippen LogP contribution in [-0.4, -0.2) is 31.1 Å². The molecule has 0 spiro atoms. The molecule has 104 valence electrons. The van der Waals surface area contributed by atoms with E-state index < -0.39 is 10.0 Å². The summed E-state index contributed by atoms with van der Waals surface area (Å²) in [4.78, 5) is 11.9. The van der Waals surface area contributed by atoms with E-state index in [4.69, 9.17) is 0 Å². The van der Waals surface area contributed by atoms with Crippen LogP contribution in [-0.2, 0) is 10.0 Å². The molecule has 0 N–H and O–H groups in total. The minimum atomic E-state index is -3.47. The summed E-state index contributed by atoms with van der Waals surface area (Å²) in [5.41, 5.74) is 0.468. The molecule has 1 aliphatic rings. The Balaban J connectivity index is 2.38. The molecule has 1 aromatic rings. The van der Waals surface area contributed by atoms with Gasteiger partial charge in [0.1, 0.15) is 0 Å². The van der Waals surface area contributed by atoms with Crippen molar-refractivity contribution in [2.45, 2.75) is 44.0 Å². The van der Waals surface area contributed by atoms with Gasteiger partial charge in [0, 0.05) is 24.6 Å². The molecule has 4 nitrogen and oxygen atoms in total. The largest absolute Gasteiger partial charge is 0.294 e. The van der Waals surface area contributed by atoms with Crippen LogP contribution in [0.3, 0.4) is 0 Å². The first-order chi connectivity index (χ1) is 8.96. The first-order valence-corrected chi connectivity index (χ1v) is 8.06. The van der Waals surface area contributed by atoms with Crippen LogP contribution in [0.15, 0.2) is 29.2 Å². The number of sulfonamides is 1. The van der Waals surface area contributed by atoms with Gasteiger partial charge in [0.15, 0.2) is 5.78 Å². The van der Waals surface area contributed by atoms with Gasteiger partial charge in [-0.15, -0.1) is 0 Å². The van der Waals surface area contributed by atoms with Gasteiger partial charge >= 0.3 is 0 Å². The van der Waals surface area contributed by atoms with Gasteiger partial charge in [-0.3, -0.25) is 4.79 Å². The molecule has 1 atom stereocenters. The normalized spacial score (nSPS) is 20.6. The van der Waals surface area contributed by atoms with Crippen LogP contribution >= 0.6 is 0 Å². The third-order valence-corrected chi connectivity index (χ3v) is 5.59. The molecule has 0 bridgehead atoms. The van der Waals surface area contributed by atoms with Gasteiger partial charge in [0.2, 0.25) is 10.0 Å². The fourth-order valence-electron chi connectivity index (χ4n) is 2.43. The Hall–Kier alpha value is -1.20. The van der Waals surface area contributed by atoms with Gasteiger partial charge in [-0.05, 0) is 31.9 Å². The molecule has 1 heterocycles. The number of ketones is 1. The number of carbonyl (C=O) groups is 1. The summed E-state index contributed by atoms with van der Waals surface area (Å²) < 4.78 is 26.6. The van der Waals surface area contributed by atoms with Crippen molar-refractivity contribution in [2.75, 3.05) is 6.54 Å². The summed E-state index contributed by atoms with van der Waals surface area (Å²) in [6.45, 7) is 4.26. The lowest BCUT2D eigenvalue weighted by Crippen LogP contribution is -2.33. The number of hydrogen-bond donors (Lipinski definition) is 0. The molecular weight excluding hydrogens is 262 g/mol. The van der Waals surface area contributed by atoms with Crippen LogP contribution < -0.4 is 0 Å². The first kappa shape index (κ1) is 14.2. The molecule has 0 aliphatic carbocycles. The van der Waals surface area contributed by atoms with Crippen LogP contribution in [0.4, 0.5) is 0 Å². The highest BCUT2D eigenvalue weighted by Gasteiger charge is 2.32. The molecular formula is C14H19NO3S. The highest BCUT2D eigenvalue weighted by Crippen LogP contribution is 2.26. The van der Waals surface area contributed by atoms with Crippen LogP contribution in [0.1, 0.15) is 43.5 Å². The summed E-state index contributed by atoms with van der Waals surface area (Å²) in [6.07, 6.45) is 2.17. The summed E-state index contributed by atoms with van der Waals surface area (Å²) in [5.74, 6) is -0.0356. The molecule has 0 aromatic heterocycles. The van der Waals surface area contributed by atoms with E-state index in [9.17, 15) is 13.2 Å². The average Bonchev–Trinajstić information content (AvgIpc) is 2.85. The molecule has 1 unspecified atom stereocenters. The molecule has 2 rings (SSSR count). The average molecular weight is 281 g/mol. The number of nitrogens with zero attached hydrogens (tertiary/aromatic N) is 1. The van der Waals surface area contributed by atoms with Gasteiger partial charge in [-0.1, -0.05) is 19.1 Å². The summed E-state index contributed by atoms with van der Waals surface area (Å²) in [7, 11) is -3.47. The van der Waals surface area contributed by atoms with E-state index in [1.165, 1.54) is 10.4 Å². The Labute approximate surface area is 114 Å². The van der Waals surface area contributed by atoms with Crippen molar-refractivity contribution in [3.05, 3.63) is 29.8 Å². The van der Waals surface area contributed by atoms with E-state index >= 15 is 0 Å². The predicted molar refractivity (Wildman–Crippen MR) is 73.7 cm³/mol. The molecule has 1 aromatic carbocycles. The van der Waals surface area contributed by atoms with E-state index in [-0.39, 0.29) is 16.7 Å². The smallest absolute Gasteiger partial charge is 0.243 e. The number of carbonyl (C=O) groups excluding carboxylic acids is 1. The summed E-state index contributed by atoms with van der Waals surface area (Å²) in [6, 6.07) is 6.39. The van der Waals surface area contributed by atoms with Crippen molar-refractivity contribution in [2.24, 2.45) is 0 Å². The maximum atomic E-state index is 12.5. The predicted octanol–water partition coefficient (Wildman–Crippen LogP) is 2.45. The number of hydrogen-bond acceptors (Lipinski definition) is 3. The highest BCUT2D eigenvalue weighted by molar-refractivity contribution is 7.89. The SMILES string of the molecule is CCC(=O)c1cccc(S(=O)(=O)N2CCCC2C)c1. The van der Waals surface area contributed by atoms with Crippen molar-refractivity contribution in [1.82, 2.24) is 4.31 Å². The molecule has 0 amide bonds. The Bertz CT molecular complexity index is 580. The molecule has 1 saturated heterocycles. The van der Waals surface area contributed by atoms with Crippen molar-refractivity contribution in [3.8, 4) is 0 Å². The third-order valence-electron chi connectivity index (χ3n) is 3.58. The van der Waals surface area contributed by atoms with E-state index in [2.05, 4.69) is 0 Å². The molecule has 0 saturated carbocycles. The molecule has 19 heavy (non-hydrogen) atoms. The van der Waals surface area contributed by atoms with Crippen molar-refractivity contribution < 1.29 is 13.2 Å². The fourth-order valence-corrected chi connectivity index (χ4v) is 4.18. The second-order valence-electron chi connectivity index (χ2n) is 4.91. The maximum absolute atomic E-state index is 12.5. The molecule has 1 fully saturated rings. The Kier molecular flexibility index (Phi) is 4.06. The Morgan fingerprint density at radius 3 is 2.74 bits per heavy atom. The van der Waals surface area contributed by atoms with Crippen molar-refractivity contribution >= 4 is 15.8 Å². The van der Waals surface area contributed by atoms with E-state index in [0.29, 0.717) is 18.5 Å². The van der Waals surface area contributed by atoms with Gasteiger partial charge in [-0.25, -0.2) is 8.42 Å². The molecule has 0 radical (unpaired) electrons. The van der Waals surface area contributed by atoms with E-state index in [1.54, 1.807) is 25.1 Å². The second-order valence-corrected chi connectivity index (χ2v) is 6.80. The maximum Gasteiger partial charge on any atom is 0.243 e. The van der Waals surface area contributed by atoms with E-state index in [1.807, 2.05) is 6.92 Å². The van der Waals surface area contributed by atoms with Gasteiger partial charge in [-0.2, -0.15) is 4.31 Å². The Morgan fingerprint density at radius 1 is 1.42 bits per heavy atom. The van der Waals surface area contributed by atoms with Crippen molar-refractivity contribution in [1.29, 1.82) is 0 Å². The van der Waals surface area contributed by atoms with Gasteiger partial charge in [0.25, 0.3) is 0 Å². The lowest BCUT2D eigenvalue weighted by molar-refractivity contribution is 0.0988. The van der Waals surface area contributed by atoms with Crippen LogP contribution in [0.5, 0.6) is 0 Å². The van der Waals surface area contributed by atoms with Gasteiger partial charge in [0.05, 0.1) is 4.90 Å². The zero-order chi connectivity index (χ0) is 14.0. The zero-order valence-electron chi connectivity index (χ0n) is 11.3. The molecule has 1 aliphatic heterocycles. The third kappa shape index (κ3) is 2.72. The minimum Gasteiger partial charge on any atom is -0.294 e. The lowest BCUT2D eigenvalue weighted by Gasteiger charge is -2.21. The number of benzene rings is 1. The standard InChI is InChI=1S/C14H19NO3S/c1-3-14(16)12-7-4-8-13(10-12)19(17,18)15-9-5-6-11(15)2/h4,7-8,10-11H,3,5-6,9H2,1-2H3. The van der Waals surface area contributed by atoms with Crippen LogP contribution in [0.25, 0.3) is 0 Å². The van der Waals surface area contributed by atoms with Crippen molar-refractivity contribution in [3.63, 3.8) is 0 Å². The zero-order valence-corrected chi connectivity index (χ0v) is 12.1. The van der Waals surface area contributed by atoms with Crippen LogP contribution in [0.2, 0.25) is 0 Å². The number of Topliss-reactive ketones (excluding diaryl/α,β-unsaturated/α-hetero) is 1. The number of rotatable bonds is 4. The first-order valence-electron chi connectivity index (χ1n) is 6.62. The summed E-state index contributed by atoms with van der Waals surface area (Å²) >= 11 is 0.